The number of esters is 1. The zero-order chi connectivity index (χ0) is 18.6. The number of carbonyl (C=O) groups is 2. The van der Waals surface area contributed by atoms with Crippen molar-refractivity contribution >= 4 is 11.9 Å². The summed E-state index contributed by atoms with van der Waals surface area (Å²) < 4.78 is 7.64. The average Bonchev–Trinajstić information content (AvgIpc) is 2.94. The van der Waals surface area contributed by atoms with Crippen LogP contribution in [0.2, 0.25) is 0 Å². The van der Waals surface area contributed by atoms with Crippen LogP contribution in [0.25, 0.3) is 0 Å². The number of aromatic hydroxyl groups is 1. The maximum atomic E-state index is 12.3. The van der Waals surface area contributed by atoms with Gasteiger partial charge in [-0.25, -0.2) is 9.78 Å². The summed E-state index contributed by atoms with van der Waals surface area (Å²) in [4.78, 5) is 40.2. The first-order chi connectivity index (χ1) is 11.8. The summed E-state index contributed by atoms with van der Waals surface area (Å²) in [6, 6.07) is 1.48. The lowest BCUT2D eigenvalue weighted by atomic mass is 10.1. The van der Waals surface area contributed by atoms with Gasteiger partial charge in [-0.05, 0) is 13.0 Å². The van der Waals surface area contributed by atoms with Gasteiger partial charge in [-0.2, -0.15) is 0 Å². The number of aromatic nitrogens is 3. The number of hydrogen-bond donors (Lipinski definition) is 2. The van der Waals surface area contributed by atoms with Gasteiger partial charge in [0.05, 0.1) is 19.1 Å². The number of carbonyl (C=O) groups excluding carboxylic acids is 2. The third kappa shape index (κ3) is 4.69. The molecule has 0 spiro atoms. The number of rotatable bonds is 6. The van der Waals surface area contributed by atoms with E-state index in [1.54, 1.807) is 31.1 Å². The molecule has 2 heterocycles. The Morgan fingerprint density at radius 2 is 2.12 bits per heavy atom. The molecule has 0 aliphatic heterocycles. The molecule has 2 rings (SSSR count). The van der Waals surface area contributed by atoms with Gasteiger partial charge in [0.15, 0.2) is 0 Å². The number of methoxy groups -OCH3 is 1. The lowest BCUT2D eigenvalue weighted by molar-refractivity contribution is -0.145. The third-order valence-electron chi connectivity index (χ3n) is 3.61. The number of imidazole rings is 1. The van der Waals surface area contributed by atoms with Crippen LogP contribution in [-0.4, -0.2) is 44.3 Å². The number of amides is 1. The Labute approximate surface area is 143 Å². The zero-order valence-electron chi connectivity index (χ0n) is 14.2. The van der Waals surface area contributed by atoms with Crippen molar-refractivity contribution in [3.8, 4) is 5.75 Å². The Morgan fingerprint density at radius 3 is 2.68 bits per heavy atom. The van der Waals surface area contributed by atoms with Gasteiger partial charge in [0, 0.05) is 31.4 Å². The first kappa shape index (κ1) is 18.2. The summed E-state index contributed by atoms with van der Waals surface area (Å²) in [5, 5.41) is 11.9. The van der Waals surface area contributed by atoms with Crippen molar-refractivity contribution in [2.45, 2.75) is 25.9 Å². The molecule has 1 atom stereocenters. The van der Waals surface area contributed by atoms with Crippen LogP contribution in [0.15, 0.2) is 29.5 Å². The second-order valence-electron chi connectivity index (χ2n) is 5.66. The highest BCUT2D eigenvalue weighted by Crippen LogP contribution is 2.07. The van der Waals surface area contributed by atoms with Crippen LogP contribution < -0.4 is 10.9 Å². The minimum Gasteiger partial charge on any atom is -0.508 e. The Morgan fingerprint density at radius 1 is 1.40 bits per heavy atom. The van der Waals surface area contributed by atoms with Crippen LogP contribution in [0.1, 0.15) is 11.4 Å². The molecule has 0 fully saturated rings. The summed E-state index contributed by atoms with van der Waals surface area (Å²) in [6.45, 7) is 1.32. The smallest absolute Gasteiger partial charge is 0.328 e. The molecule has 9 nitrogen and oxygen atoms in total. The molecule has 0 radical (unpaired) electrons. The highest BCUT2D eigenvalue weighted by Gasteiger charge is 2.23. The predicted molar refractivity (Wildman–Crippen MR) is 88.0 cm³/mol. The second-order valence-corrected chi connectivity index (χ2v) is 5.66. The van der Waals surface area contributed by atoms with Gasteiger partial charge in [0.2, 0.25) is 5.91 Å². The van der Waals surface area contributed by atoms with Gasteiger partial charge in [-0.15, -0.1) is 0 Å². The standard InChI is InChI=1S/C16H20N4O5/c1-10-4-12(21)6-15(23)20(10)8-14(22)18-13(16(24)25-3)5-11-7-19(2)9-17-11/h4,6-7,9,13,21H,5,8H2,1-3H3,(H,18,22)/t13-/m0/s1. The summed E-state index contributed by atoms with van der Waals surface area (Å²) >= 11 is 0. The van der Waals surface area contributed by atoms with Crippen molar-refractivity contribution in [2.24, 2.45) is 7.05 Å². The highest BCUT2D eigenvalue weighted by atomic mass is 16.5. The molecule has 0 saturated heterocycles. The average molecular weight is 348 g/mol. The third-order valence-corrected chi connectivity index (χ3v) is 3.61. The minimum absolute atomic E-state index is 0.165. The van der Waals surface area contributed by atoms with Crippen molar-refractivity contribution < 1.29 is 19.4 Å². The number of ether oxygens (including phenoxy) is 1. The van der Waals surface area contributed by atoms with E-state index in [2.05, 4.69) is 10.3 Å². The number of aryl methyl sites for hydroxylation is 2. The Kier molecular flexibility index (Phi) is 5.58. The van der Waals surface area contributed by atoms with Crippen molar-refractivity contribution in [3.05, 3.63) is 46.4 Å². The molecule has 0 aliphatic rings. The van der Waals surface area contributed by atoms with E-state index < -0.39 is 23.5 Å². The molecule has 2 aromatic heterocycles. The van der Waals surface area contributed by atoms with Crippen LogP contribution in [0.4, 0.5) is 0 Å². The summed E-state index contributed by atoms with van der Waals surface area (Å²) in [5.41, 5.74) is 0.544. The largest absolute Gasteiger partial charge is 0.508 e. The molecule has 134 valence electrons. The molecule has 1 amide bonds. The van der Waals surface area contributed by atoms with E-state index in [0.717, 1.165) is 6.07 Å². The van der Waals surface area contributed by atoms with E-state index in [1.165, 1.54) is 17.7 Å². The van der Waals surface area contributed by atoms with Crippen molar-refractivity contribution in [1.82, 2.24) is 19.4 Å². The van der Waals surface area contributed by atoms with Gasteiger partial charge in [-0.3, -0.25) is 9.59 Å². The summed E-state index contributed by atoms with van der Waals surface area (Å²) in [7, 11) is 3.02. The minimum atomic E-state index is -0.916. The Bertz CT molecular complexity index is 839. The van der Waals surface area contributed by atoms with Gasteiger partial charge in [0.1, 0.15) is 18.3 Å². The fraction of sp³-hybridized carbons (Fsp3) is 0.375. The fourth-order valence-corrected chi connectivity index (χ4v) is 2.42. The molecule has 0 aliphatic carbocycles. The molecule has 2 N–H and O–H groups in total. The van der Waals surface area contributed by atoms with Crippen LogP contribution in [0.3, 0.4) is 0 Å². The van der Waals surface area contributed by atoms with Gasteiger partial charge >= 0.3 is 5.97 Å². The maximum Gasteiger partial charge on any atom is 0.328 e. The van der Waals surface area contributed by atoms with Crippen molar-refractivity contribution in [1.29, 1.82) is 0 Å². The molecule has 0 aromatic carbocycles. The molecule has 0 bridgehead atoms. The SMILES string of the molecule is COC(=O)[C@H](Cc1cn(C)cn1)NC(=O)Cn1c(C)cc(O)cc1=O. The van der Waals surface area contributed by atoms with Gasteiger partial charge < -0.3 is 24.3 Å². The topological polar surface area (TPSA) is 115 Å². The predicted octanol–water partition coefficient (Wildman–Crippen LogP) is -0.504. The lowest BCUT2D eigenvalue weighted by Crippen LogP contribution is -2.45. The molecular formula is C16H20N4O5. The first-order valence-electron chi connectivity index (χ1n) is 7.54. The van der Waals surface area contributed by atoms with E-state index in [1.807, 2.05) is 0 Å². The van der Waals surface area contributed by atoms with E-state index in [9.17, 15) is 19.5 Å². The zero-order valence-corrected chi connectivity index (χ0v) is 14.2. The van der Waals surface area contributed by atoms with Gasteiger partial charge in [-0.1, -0.05) is 0 Å². The van der Waals surface area contributed by atoms with Crippen LogP contribution in [0.5, 0.6) is 5.75 Å². The second kappa shape index (κ2) is 7.65. The monoisotopic (exact) mass is 348 g/mol. The summed E-state index contributed by atoms with van der Waals surface area (Å²) in [6.07, 6.45) is 3.49. The Balaban J connectivity index is 2.12. The molecule has 0 unspecified atom stereocenters. The molecular weight excluding hydrogens is 328 g/mol. The van der Waals surface area contributed by atoms with E-state index in [4.69, 9.17) is 4.74 Å². The number of pyridine rings is 1. The summed E-state index contributed by atoms with van der Waals surface area (Å²) in [5.74, 6) is -1.29. The molecule has 9 heteroatoms. The first-order valence-corrected chi connectivity index (χ1v) is 7.54. The van der Waals surface area contributed by atoms with E-state index in [-0.39, 0.29) is 18.7 Å². The highest BCUT2D eigenvalue weighted by molar-refractivity contribution is 5.84. The maximum absolute atomic E-state index is 12.3. The molecule has 2 aromatic rings. The lowest BCUT2D eigenvalue weighted by Gasteiger charge is -2.17. The number of nitrogens with zero attached hydrogens (tertiary/aromatic N) is 3. The van der Waals surface area contributed by atoms with Crippen molar-refractivity contribution in [3.63, 3.8) is 0 Å². The van der Waals surface area contributed by atoms with E-state index in [0.29, 0.717) is 11.4 Å². The molecule has 0 saturated carbocycles. The fourth-order valence-electron chi connectivity index (χ4n) is 2.42. The van der Waals surface area contributed by atoms with Crippen molar-refractivity contribution in [2.75, 3.05) is 7.11 Å². The number of hydrogen-bond acceptors (Lipinski definition) is 6. The molecule has 25 heavy (non-hydrogen) atoms. The normalized spacial score (nSPS) is 11.8. The quantitative estimate of drug-likeness (QED) is 0.680. The van der Waals surface area contributed by atoms with Crippen LogP contribution in [-0.2, 0) is 34.3 Å². The van der Waals surface area contributed by atoms with Crippen LogP contribution >= 0.6 is 0 Å². The Hall–Kier alpha value is -3.10. The van der Waals surface area contributed by atoms with E-state index >= 15 is 0 Å². The van der Waals surface area contributed by atoms with Crippen LogP contribution in [0, 0.1) is 6.92 Å². The number of nitrogens with one attached hydrogen (secondary N) is 1. The van der Waals surface area contributed by atoms with Gasteiger partial charge in [0.25, 0.3) is 5.56 Å².